The molecule has 4 amide bonds. The number of benzene rings is 3. The smallest absolute Gasteiger partial charge is 0.407 e. The number of H-pyrrole nitrogens is 1. The molecule has 13 nitrogen and oxygen atoms in total. The maximum Gasteiger partial charge on any atom is 0.407 e. The summed E-state index contributed by atoms with van der Waals surface area (Å²) in [7, 11) is 0. The first kappa shape index (κ1) is 35.7. The highest BCUT2D eigenvalue weighted by atomic mass is 16.6. The number of nitrogens with zero attached hydrogens (tertiary/aromatic N) is 3. The number of hydrogen-bond donors (Lipinski definition) is 5. The Bertz CT molecular complexity index is 1760. The number of para-hydroxylation sites is 1. The van der Waals surface area contributed by atoms with Crippen LogP contribution in [-0.2, 0) is 25.5 Å². The second-order valence-corrected chi connectivity index (χ2v) is 13.6. The second-order valence-electron chi connectivity index (χ2n) is 13.6. The average molecular weight is 681 g/mol. The Kier molecular flexibility index (Phi) is 11.6. The van der Waals surface area contributed by atoms with Crippen LogP contribution in [0.3, 0.4) is 0 Å². The topological polar surface area (TPSA) is 180 Å². The number of alkyl carbamates (subject to hydrolysis) is 1. The summed E-state index contributed by atoms with van der Waals surface area (Å²) in [6, 6.07) is 21.5. The standard InChI is InChI=1S/C37H44N8O5/c1-23(46)39-31-8-6-5-7-30(31)26-13-9-24(10-14-26)21-32(35(48)40-29-19-17-27(18-20-29)33-42-44-45-43-33)41-34(47)28-15-11-25(12-16-28)22-38-36(49)50-37(2,3)4/h5-10,13-14,17-20,25,28,32H,11-12,15-16,21-22H2,1-4H3,(H,38,49)(H,39,46)(H,40,48)(H,41,47)(H,42,43,44,45)/t25-,28-,32-/m0/s1. The van der Waals surface area contributed by atoms with E-state index < -0.39 is 17.7 Å². The Morgan fingerprint density at radius 2 is 1.56 bits per heavy atom. The van der Waals surface area contributed by atoms with Crippen LogP contribution in [0.25, 0.3) is 22.5 Å². The van der Waals surface area contributed by atoms with Gasteiger partial charge in [0.25, 0.3) is 0 Å². The quantitative estimate of drug-likeness (QED) is 0.138. The molecule has 0 radical (unpaired) electrons. The predicted octanol–water partition coefficient (Wildman–Crippen LogP) is 5.49. The van der Waals surface area contributed by atoms with Crippen molar-refractivity contribution in [2.75, 3.05) is 17.2 Å². The molecule has 0 unspecified atom stereocenters. The minimum atomic E-state index is -0.844. The third kappa shape index (κ3) is 10.2. The molecule has 5 rings (SSSR count). The van der Waals surface area contributed by atoms with Gasteiger partial charge in [-0.15, -0.1) is 10.2 Å². The van der Waals surface area contributed by atoms with E-state index in [1.165, 1.54) is 6.92 Å². The fourth-order valence-corrected chi connectivity index (χ4v) is 5.98. The van der Waals surface area contributed by atoms with Crippen molar-refractivity contribution in [3.05, 3.63) is 78.4 Å². The Hall–Kier alpha value is -5.59. The SMILES string of the molecule is CC(=O)Nc1ccccc1-c1ccc(C[C@H](NC(=O)[C@H]2CC[C@H](CNC(=O)OC(C)(C)C)CC2)C(=O)Nc2ccc(-c3nn[nH]n3)cc2)cc1. The summed E-state index contributed by atoms with van der Waals surface area (Å²) in [6.45, 7) is 7.43. The Labute approximate surface area is 291 Å². The number of hydrogen-bond acceptors (Lipinski definition) is 8. The fraction of sp³-hybridized carbons (Fsp3) is 0.378. The number of nitrogens with one attached hydrogen (secondary N) is 5. The van der Waals surface area contributed by atoms with Crippen molar-refractivity contribution in [2.24, 2.45) is 11.8 Å². The van der Waals surface area contributed by atoms with E-state index in [-0.39, 0.29) is 36.0 Å². The normalized spacial score (nSPS) is 16.5. The lowest BCUT2D eigenvalue weighted by molar-refractivity contribution is -0.130. The van der Waals surface area contributed by atoms with E-state index in [9.17, 15) is 19.2 Å². The number of aromatic nitrogens is 4. The molecule has 0 aliphatic heterocycles. The number of anilines is 2. The van der Waals surface area contributed by atoms with E-state index in [4.69, 9.17) is 4.74 Å². The van der Waals surface area contributed by atoms with Crippen LogP contribution < -0.4 is 21.3 Å². The first-order valence-corrected chi connectivity index (χ1v) is 16.8. The molecule has 5 N–H and O–H groups in total. The highest BCUT2D eigenvalue weighted by Crippen LogP contribution is 2.30. The van der Waals surface area contributed by atoms with Crippen molar-refractivity contribution in [1.82, 2.24) is 31.3 Å². The number of tetrazole rings is 1. The van der Waals surface area contributed by atoms with Crippen molar-refractivity contribution < 1.29 is 23.9 Å². The van der Waals surface area contributed by atoms with Crippen LogP contribution in [0.5, 0.6) is 0 Å². The summed E-state index contributed by atoms with van der Waals surface area (Å²) in [4.78, 5) is 51.1. The number of carbonyl (C=O) groups is 4. The number of amides is 4. The number of rotatable bonds is 11. The highest BCUT2D eigenvalue weighted by Gasteiger charge is 2.30. The largest absolute Gasteiger partial charge is 0.444 e. The zero-order chi connectivity index (χ0) is 35.7. The van der Waals surface area contributed by atoms with Gasteiger partial charge in [-0.25, -0.2) is 4.79 Å². The van der Waals surface area contributed by atoms with Gasteiger partial charge >= 0.3 is 6.09 Å². The van der Waals surface area contributed by atoms with Crippen molar-refractivity contribution in [2.45, 2.75) is 71.4 Å². The van der Waals surface area contributed by atoms with Gasteiger partial charge in [0.15, 0.2) is 0 Å². The van der Waals surface area contributed by atoms with Crippen LogP contribution in [0.4, 0.5) is 16.2 Å². The maximum atomic E-state index is 13.7. The molecule has 0 saturated heterocycles. The van der Waals surface area contributed by atoms with Crippen LogP contribution in [0.2, 0.25) is 0 Å². The van der Waals surface area contributed by atoms with Gasteiger partial charge in [-0.05, 0) is 99.0 Å². The van der Waals surface area contributed by atoms with Gasteiger partial charge in [-0.3, -0.25) is 14.4 Å². The van der Waals surface area contributed by atoms with Crippen LogP contribution in [-0.4, -0.2) is 62.6 Å². The van der Waals surface area contributed by atoms with Crippen LogP contribution in [0.1, 0.15) is 58.9 Å². The van der Waals surface area contributed by atoms with E-state index in [1.807, 2.05) is 69.3 Å². The molecule has 1 aliphatic rings. The van der Waals surface area contributed by atoms with Crippen molar-refractivity contribution in [3.8, 4) is 22.5 Å². The van der Waals surface area contributed by atoms with E-state index in [0.717, 1.165) is 35.1 Å². The van der Waals surface area contributed by atoms with E-state index in [2.05, 4.69) is 41.9 Å². The van der Waals surface area contributed by atoms with Gasteiger partial charge in [0.1, 0.15) is 11.6 Å². The van der Waals surface area contributed by atoms with E-state index in [1.54, 1.807) is 24.3 Å². The minimum absolute atomic E-state index is 0.158. The zero-order valence-electron chi connectivity index (χ0n) is 28.8. The maximum absolute atomic E-state index is 13.7. The molecule has 4 aromatic rings. The van der Waals surface area contributed by atoms with Gasteiger partial charge in [0.2, 0.25) is 23.5 Å². The van der Waals surface area contributed by atoms with Crippen molar-refractivity contribution >= 4 is 35.2 Å². The molecule has 262 valence electrons. The molecule has 1 fully saturated rings. The highest BCUT2D eigenvalue weighted by molar-refractivity contribution is 5.98. The molecule has 1 aliphatic carbocycles. The third-order valence-corrected chi connectivity index (χ3v) is 8.48. The Balaban J connectivity index is 1.25. The summed E-state index contributed by atoms with van der Waals surface area (Å²) in [5, 5.41) is 25.7. The average Bonchev–Trinajstić information content (AvgIpc) is 3.63. The molecule has 1 aromatic heterocycles. The number of aromatic amines is 1. The molecule has 0 spiro atoms. The summed E-state index contributed by atoms with van der Waals surface area (Å²) in [6.07, 6.45) is 2.68. The molecule has 13 heteroatoms. The van der Waals surface area contributed by atoms with Crippen LogP contribution in [0.15, 0.2) is 72.8 Å². The Morgan fingerprint density at radius 3 is 2.20 bits per heavy atom. The number of ether oxygens (including phenoxy) is 1. The summed E-state index contributed by atoms with van der Waals surface area (Å²) >= 11 is 0. The Morgan fingerprint density at radius 1 is 0.880 bits per heavy atom. The third-order valence-electron chi connectivity index (χ3n) is 8.48. The monoisotopic (exact) mass is 680 g/mol. The van der Waals surface area contributed by atoms with Gasteiger partial charge in [0.05, 0.1) is 0 Å². The van der Waals surface area contributed by atoms with Crippen LogP contribution >= 0.6 is 0 Å². The first-order chi connectivity index (χ1) is 23.9. The summed E-state index contributed by atoms with van der Waals surface area (Å²) in [5.41, 5.74) is 4.07. The predicted molar refractivity (Wildman–Crippen MR) is 190 cm³/mol. The fourth-order valence-electron chi connectivity index (χ4n) is 5.98. The molecule has 0 bridgehead atoms. The molecular weight excluding hydrogens is 636 g/mol. The zero-order valence-corrected chi connectivity index (χ0v) is 28.8. The summed E-state index contributed by atoms with van der Waals surface area (Å²) in [5.74, 6) is -0.237. The van der Waals surface area contributed by atoms with Gasteiger partial charge in [0, 0.05) is 48.3 Å². The van der Waals surface area contributed by atoms with Crippen molar-refractivity contribution in [3.63, 3.8) is 0 Å². The lowest BCUT2D eigenvalue weighted by Gasteiger charge is -2.29. The lowest BCUT2D eigenvalue weighted by atomic mass is 9.81. The van der Waals surface area contributed by atoms with E-state index in [0.29, 0.717) is 36.6 Å². The summed E-state index contributed by atoms with van der Waals surface area (Å²) < 4.78 is 5.34. The second kappa shape index (κ2) is 16.2. The molecule has 1 saturated carbocycles. The molecule has 1 atom stereocenters. The molecular formula is C37H44N8O5. The van der Waals surface area contributed by atoms with Gasteiger partial charge in [-0.2, -0.15) is 5.21 Å². The first-order valence-electron chi connectivity index (χ1n) is 16.8. The minimum Gasteiger partial charge on any atom is -0.444 e. The van der Waals surface area contributed by atoms with Crippen molar-refractivity contribution in [1.29, 1.82) is 0 Å². The van der Waals surface area contributed by atoms with Gasteiger partial charge < -0.3 is 26.0 Å². The van der Waals surface area contributed by atoms with E-state index >= 15 is 0 Å². The lowest BCUT2D eigenvalue weighted by Crippen LogP contribution is -2.48. The molecule has 1 heterocycles. The van der Waals surface area contributed by atoms with Crippen LogP contribution in [0, 0.1) is 11.8 Å². The molecule has 3 aromatic carbocycles. The number of carbonyl (C=O) groups excluding carboxylic acids is 4. The molecule has 50 heavy (non-hydrogen) atoms. The van der Waals surface area contributed by atoms with Gasteiger partial charge in [-0.1, -0.05) is 42.5 Å².